The first kappa shape index (κ1) is 12.1. The predicted octanol–water partition coefficient (Wildman–Crippen LogP) is 2.86. The van der Waals surface area contributed by atoms with Gasteiger partial charge >= 0.3 is 0 Å². The molecular weight excluding hydrogens is 266 g/mol. The normalized spacial score (nSPS) is 30.9. The number of rotatable bonds is 3. The second-order valence-corrected chi connectivity index (χ2v) is 5.95. The van der Waals surface area contributed by atoms with Crippen LogP contribution in [0.3, 0.4) is 0 Å². The molecule has 1 atom stereocenters. The molecule has 0 heterocycles. The van der Waals surface area contributed by atoms with Gasteiger partial charge in [-0.25, -0.2) is 0 Å². The summed E-state index contributed by atoms with van der Waals surface area (Å²) in [6.45, 7) is 2.77. The number of halogens is 1. The maximum atomic E-state index is 10.4. The lowest BCUT2D eigenvalue weighted by molar-refractivity contribution is -0.0602. The molecule has 1 aliphatic carbocycles. The number of aliphatic hydroxyl groups excluding tert-OH is 1. The van der Waals surface area contributed by atoms with E-state index in [1.807, 2.05) is 24.3 Å². The summed E-state index contributed by atoms with van der Waals surface area (Å²) in [4.78, 5) is 0. The number of hydrogen-bond acceptors (Lipinski definition) is 2. The van der Waals surface area contributed by atoms with E-state index in [4.69, 9.17) is 5.73 Å². The van der Waals surface area contributed by atoms with E-state index in [1.54, 1.807) is 0 Å². The fraction of sp³-hybridized carbons (Fsp3) is 0.538. The Bertz CT molecular complexity index is 357. The zero-order valence-electron chi connectivity index (χ0n) is 9.49. The molecule has 1 fully saturated rings. The van der Waals surface area contributed by atoms with Crippen molar-refractivity contribution in [1.29, 1.82) is 0 Å². The van der Waals surface area contributed by atoms with Crippen LogP contribution in [-0.2, 0) is 0 Å². The molecule has 1 aromatic rings. The van der Waals surface area contributed by atoms with Crippen LogP contribution in [0.5, 0.6) is 0 Å². The van der Waals surface area contributed by atoms with Crippen LogP contribution in [0.25, 0.3) is 0 Å². The van der Waals surface area contributed by atoms with E-state index < -0.39 is 6.10 Å². The zero-order chi connectivity index (χ0) is 11.8. The Hall–Kier alpha value is -0.380. The van der Waals surface area contributed by atoms with E-state index in [-0.39, 0.29) is 5.41 Å². The number of aliphatic hydroxyl groups is 1. The van der Waals surface area contributed by atoms with Gasteiger partial charge < -0.3 is 10.8 Å². The molecule has 0 saturated heterocycles. The van der Waals surface area contributed by atoms with Crippen LogP contribution < -0.4 is 5.73 Å². The molecule has 88 valence electrons. The highest BCUT2D eigenvalue weighted by atomic mass is 79.9. The first-order chi connectivity index (χ1) is 7.57. The van der Waals surface area contributed by atoms with Crippen LogP contribution in [0.15, 0.2) is 28.7 Å². The average Bonchev–Trinajstić information content (AvgIpc) is 2.24. The smallest absolute Gasteiger partial charge is 0.0858 e. The van der Waals surface area contributed by atoms with Crippen molar-refractivity contribution in [3.63, 3.8) is 0 Å². The molecule has 0 unspecified atom stereocenters. The number of benzene rings is 1. The summed E-state index contributed by atoms with van der Waals surface area (Å²) >= 11 is 3.40. The summed E-state index contributed by atoms with van der Waals surface area (Å²) in [5, 5.41) is 10.4. The van der Waals surface area contributed by atoms with Gasteiger partial charge in [-0.1, -0.05) is 35.0 Å². The van der Waals surface area contributed by atoms with Gasteiger partial charge in [0, 0.05) is 16.4 Å². The van der Waals surface area contributed by atoms with Crippen molar-refractivity contribution in [3.8, 4) is 0 Å². The lowest BCUT2D eigenvalue weighted by atomic mass is 9.58. The van der Waals surface area contributed by atoms with Gasteiger partial charge in [-0.2, -0.15) is 0 Å². The fourth-order valence-electron chi connectivity index (χ4n) is 2.83. The molecule has 0 radical (unpaired) electrons. The minimum atomic E-state index is -0.429. The third-order valence-corrected chi connectivity index (χ3v) is 4.21. The highest BCUT2D eigenvalue weighted by molar-refractivity contribution is 9.10. The van der Waals surface area contributed by atoms with E-state index in [9.17, 15) is 5.11 Å². The Balaban J connectivity index is 2.18. The summed E-state index contributed by atoms with van der Waals surface area (Å²) in [5.74, 6) is 0.689. The molecule has 0 bridgehead atoms. The fourth-order valence-corrected chi connectivity index (χ4v) is 3.09. The van der Waals surface area contributed by atoms with Crippen molar-refractivity contribution >= 4 is 15.9 Å². The molecule has 3 N–H and O–H groups in total. The van der Waals surface area contributed by atoms with Gasteiger partial charge in [0.05, 0.1) is 6.10 Å². The first-order valence-corrected chi connectivity index (χ1v) is 6.50. The Morgan fingerprint density at radius 2 is 2.00 bits per heavy atom. The monoisotopic (exact) mass is 283 g/mol. The molecule has 0 aromatic heterocycles. The zero-order valence-corrected chi connectivity index (χ0v) is 11.1. The van der Waals surface area contributed by atoms with Crippen LogP contribution in [0, 0.1) is 11.3 Å². The highest BCUT2D eigenvalue weighted by Crippen LogP contribution is 2.52. The number of hydrogen-bond donors (Lipinski definition) is 2. The third-order valence-electron chi connectivity index (χ3n) is 3.68. The van der Waals surface area contributed by atoms with Gasteiger partial charge in [0.1, 0.15) is 0 Å². The van der Waals surface area contributed by atoms with Crippen LogP contribution >= 0.6 is 15.9 Å². The van der Waals surface area contributed by atoms with Gasteiger partial charge in [-0.15, -0.1) is 0 Å². The van der Waals surface area contributed by atoms with E-state index in [2.05, 4.69) is 22.9 Å². The van der Waals surface area contributed by atoms with E-state index in [0.29, 0.717) is 12.5 Å². The minimum absolute atomic E-state index is 0.0900. The Kier molecular flexibility index (Phi) is 3.38. The molecule has 0 amide bonds. The van der Waals surface area contributed by atoms with Gasteiger partial charge in [-0.3, -0.25) is 0 Å². The van der Waals surface area contributed by atoms with Crippen LogP contribution in [0.1, 0.15) is 31.4 Å². The summed E-state index contributed by atoms with van der Waals surface area (Å²) in [6.07, 6.45) is 1.63. The summed E-state index contributed by atoms with van der Waals surface area (Å²) in [5.41, 5.74) is 6.71. The molecule has 0 aliphatic heterocycles. The molecule has 0 spiro atoms. The molecule has 1 aromatic carbocycles. The largest absolute Gasteiger partial charge is 0.388 e. The average molecular weight is 284 g/mol. The molecular formula is C13H18BrNO. The molecule has 2 nitrogen and oxygen atoms in total. The Morgan fingerprint density at radius 3 is 2.44 bits per heavy atom. The first-order valence-electron chi connectivity index (χ1n) is 5.71. The third kappa shape index (κ3) is 2.04. The highest BCUT2D eigenvalue weighted by Gasteiger charge is 2.46. The van der Waals surface area contributed by atoms with Gasteiger partial charge in [0.25, 0.3) is 0 Å². The second kappa shape index (κ2) is 4.47. The molecule has 1 aliphatic rings. The minimum Gasteiger partial charge on any atom is -0.388 e. The maximum absolute atomic E-state index is 10.4. The van der Waals surface area contributed by atoms with Crippen molar-refractivity contribution in [3.05, 3.63) is 34.3 Å². The molecule has 3 heteroatoms. The lowest BCUT2D eigenvalue weighted by Crippen LogP contribution is -2.46. The van der Waals surface area contributed by atoms with Gasteiger partial charge in [-0.05, 0) is 36.5 Å². The summed E-state index contributed by atoms with van der Waals surface area (Å²) < 4.78 is 1.03. The summed E-state index contributed by atoms with van der Waals surface area (Å²) in [6, 6.07) is 7.86. The predicted molar refractivity (Wildman–Crippen MR) is 69.0 cm³/mol. The summed E-state index contributed by atoms with van der Waals surface area (Å²) in [7, 11) is 0. The Labute approximate surface area is 105 Å². The van der Waals surface area contributed by atoms with Gasteiger partial charge in [0.2, 0.25) is 0 Å². The lowest BCUT2D eigenvalue weighted by Gasteiger charge is -2.49. The van der Waals surface area contributed by atoms with Crippen LogP contribution in [0.4, 0.5) is 0 Å². The van der Waals surface area contributed by atoms with E-state index >= 15 is 0 Å². The van der Waals surface area contributed by atoms with Crippen molar-refractivity contribution in [2.45, 2.75) is 25.9 Å². The van der Waals surface area contributed by atoms with Crippen LogP contribution in [-0.4, -0.2) is 11.7 Å². The van der Waals surface area contributed by atoms with Gasteiger partial charge in [0.15, 0.2) is 0 Å². The Morgan fingerprint density at radius 1 is 1.44 bits per heavy atom. The van der Waals surface area contributed by atoms with Crippen molar-refractivity contribution in [2.24, 2.45) is 17.1 Å². The van der Waals surface area contributed by atoms with Crippen LogP contribution in [0.2, 0.25) is 0 Å². The molecule has 1 saturated carbocycles. The van der Waals surface area contributed by atoms with Crippen molar-refractivity contribution in [1.82, 2.24) is 0 Å². The van der Waals surface area contributed by atoms with E-state index in [1.165, 1.54) is 0 Å². The topological polar surface area (TPSA) is 46.2 Å². The molecule has 2 rings (SSSR count). The maximum Gasteiger partial charge on any atom is 0.0858 e. The van der Waals surface area contributed by atoms with Crippen molar-refractivity contribution in [2.75, 3.05) is 6.54 Å². The van der Waals surface area contributed by atoms with E-state index in [0.717, 1.165) is 22.9 Å². The second-order valence-electron chi connectivity index (χ2n) is 5.03. The standard InChI is InChI=1S/C13H18BrNO/c1-9-6-13(7-9,8-15)12(16)10-2-4-11(14)5-3-10/h2-5,9,12,16H,6-8,15H2,1H3/t9?,12-,13?/m0/s1. The van der Waals surface area contributed by atoms with Crippen molar-refractivity contribution < 1.29 is 5.11 Å². The SMILES string of the molecule is CC1CC(CN)([C@@H](O)c2ccc(Br)cc2)C1. The quantitative estimate of drug-likeness (QED) is 0.896. The number of nitrogens with two attached hydrogens (primary N) is 1. The molecule has 16 heavy (non-hydrogen) atoms.